The summed E-state index contributed by atoms with van der Waals surface area (Å²) in [6.07, 6.45) is 3.51. The van der Waals surface area contributed by atoms with E-state index in [-0.39, 0.29) is 0 Å². The van der Waals surface area contributed by atoms with Crippen LogP contribution >= 0.6 is 45.2 Å². The molecule has 0 N–H and O–H groups in total. The second-order valence-corrected chi connectivity index (χ2v) is 5.28. The van der Waals surface area contributed by atoms with Crippen LogP contribution in [0.3, 0.4) is 0 Å². The van der Waals surface area contributed by atoms with Crippen LogP contribution < -0.4 is 0 Å². The van der Waals surface area contributed by atoms with Crippen molar-refractivity contribution in [2.24, 2.45) is 5.92 Å². The lowest BCUT2D eigenvalue weighted by molar-refractivity contribution is 0.720. The molecule has 0 bridgehead atoms. The van der Waals surface area contributed by atoms with Crippen molar-refractivity contribution in [1.29, 1.82) is 0 Å². The molecule has 1 aliphatic rings. The van der Waals surface area contributed by atoms with E-state index < -0.39 is 0 Å². The first kappa shape index (κ1) is 9.03. The molecule has 10 heavy (non-hydrogen) atoms. The zero-order chi connectivity index (χ0) is 7.72. The van der Waals surface area contributed by atoms with Crippen molar-refractivity contribution in [1.82, 2.24) is 0 Å². The molecule has 56 valence electrons. The summed E-state index contributed by atoms with van der Waals surface area (Å²) in [5, 5.41) is 0. The summed E-state index contributed by atoms with van der Waals surface area (Å²) in [4.78, 5) is 0. The molecule has 0 aromatic heterocycles. The normalized spacial score (nSPS) is 26.8. The van der Waals surface area contributed by atoms with E-state index in [1.165, 1.54) is 19.2 Å². The van der Waals surface area contributed by atoms with Gasteiger partial charge in [0.25, 0.3) is 0 Å². The van der Waals surface area contributed by atoms with Crippen molar-refractivity contribution < 1.29 is 0 Å². The summed E-state index contributed by atoms with van der Waals surface area (Å²) in [7, 11) is 0. The quantitative estimate of drug-likeness (QED) is 0.572. The van der Waals surface area contributed by atoms with Crippen molar-refractivity contribution in [3.8, 4) is 0 Å². The van der Waals surface area contributed by atoms with Crippen LogP contribution in [0.4, 0.5) is 0 Å². The molecule has 0 saturated carbocycles. The third kappa shape index (κ3) is 1.96. The van der Waals surface area contributed by atoms with Gasteiger partial charge in [-0.2, -0.15) is 0 Å². The number of rotatable bonds is 0. The van der Waals surface area contributed by atoms with Gasteiger partial charge in [-0.3, -0.25) is 0 Å². The summed E-state index contributed by atoms with van der Waals surface area (Å²) in [5.41, 5.74) is 1.45. The molecule has 0 fully saturated rings. The second-order valence-electron chi connectivity index (χ2n) is 2.73. The maximum absolute atomic E-state index is 2.45. The fraction of sp³-hybridized carbons (Fsp3) is 0.500. The van der Waals surface area contributed by atoms with E-state index in [9.17, 15) is 0 Å². The lowest BCUT2D eigenvalue weighted by Crippen LogP contribution is -2.00. The predicted molar refractivity (Wildman–Crippen MR) is 62.6 cm³/mol. The molecule has 1 aliphatic carbocycles. The molecule has 1 atom stereocenters. The van der Waals surface area contributed by atoms with E-state index in [0.29, 0.717) is 0 Å². The Morgan fingerprint density at radius 2 is 2.10 bits per heavy atom. The van der Waals surface area contributed by atoms with Crippen LogP contribution in [0.25, 0.3) is 0 Å². The van der Waals surface area contributed by atoms with E-state index in [0.717, 1.165) is 5.92 Å². The maximum atomic E-state index is 2.45. The zero-order valence-corrected chi connectivity index (χ0v) is 10.4. The molecule has 0 unspecified atom stereocenters. The summed E-state index contributed by atoms with van der Waals surface area (Å²) in [6, 6.07) is 0. The van der Waals surface area contributed by atoms with E-state index in [1.807, 2.05) is 0 Å². The first-order valence-electron chi connectivity index (χ1n) is 3.33. The van der Waals surface area contributed by atoms with Gasteiger partial charge in [0.15, 0.2) is 0 Å². The Balaban J connectivity index is 2.92. The Hall–Kier alpha value is 0.940. The molecule has 0 aromatic rings. The Bertz CT molecular complexity index is 201. The highest BCUT2D eigenvalue weighted by atomic mass is 127. The van der Waals surface area contributed by atoms with Gasteiger partial charge in [-0.05, 0) is 83.3 Å². The Labute approximate surface area is 89.4 Å². The highest BCUT2D eigenvalue weighted by Gasteiger charge is 2.13. The van der Waals surface area contributed by atoms with E-state index in [4.69, 9.17) is 0 Å². The van der Waals surface area contributed by atoms with Gasteiger partial charge in [-0.25, -0.2) is 0 Å². The molecule has 0 radical (unpaired) electrons. The van der Waals surface area contributed by atoms with Crippen molar-refractivity contribution in [2.75, 3.05) is 0 Å². The first-order chi connectivity index (χ1) is 4.61. The summed E-state index contributed by atoms with van der Waals surface area (Å²) < 4.78 is 3.01. The number of hydrogen-bond acceptors (Lipinski definition) is 0. The third-order valence-corrected chi connectivity index (χ3v) is 4.35. The minimum absolute atomic E-state index is 0.748. The van der Waals surface area contributed by atoms with Gasteiger partial charge in [0, 0.05) is 0 Å². The van der Waals surface area contributed by atoms with Gasteiger partial charge < -0.3 is 0 Å². The van der Waals surface area contributed by atoms with E-state index >= 15 is 0 Å². The molecule has 2 heteroatoms. The Morgan fingerprint density at radius 1 is 1.50 bits per heavy atom. The van der Waals surface area contributed by atoms with Gasteiger partial charge in [-0.1, -0.05) is 6.92 Å². The third-order valence-electron chi connectivity index (χ3n) is 1.68. The lowest BCUT2D eigenvalue weighted by atomic mass is 9.99. The van der Waals surface area contributed by atoms with Crippen molar-refractivity contribution in [3.05, 3.63) is 18.8 Å². The minimum Gasteiger partial charge on any atom is -0.0576 e. The number of hydrogen-bond donors (Lipinski definition) is 0. The molecule has 0 saturated heterocycles. The van der Waals surface area contributed by atoms with E-state index in [2.05, 4.69) is 65.1 Å². The van der Waals surface area contributed by atoms with Crippen LogP contribution in [0, 0.1) is 5.92 Å². The molecule has 0 amide bonds. The predicted octanol–water partition coefficient (Wildman–Crippen LogP) is 4.05. The standard InChI is InChI=1S/C8H10I2/c1-5-3-7(9)4-6(2)8(5)10/h3,6H,4H2,1-2H3/t6-/m1/s1. The Kier molecular flexibility index (Phi) is 3.21. The minimum atomic E-state index is 0.748. The SMILES string of the molecule is CC1=C(I)[C@H](C)CC(I)=C1. The van der Waals surface area contributed by atoms with Gasteiger partial charge in [0.05, 0.1) is 0 Å². The van der Waals surface area contributed by atoms with Crippen LogP contribution in [0.15, 0.2) is 18.8 Å². The van der Waals surface area contributed by atoms with Crippen LogP contribution in [-0.2, 0) is 0 Å². The molecule has 1 rings (SSSR count). The zero-order valence-electron chi connectivity index (χ0n) is 6.12. The maximum Gasteiger partial charge on any atom is -0.00329 e. The van der Waals surface area contributed by atoms with Crippen LogP contribution in [0.2, 0.25) is 0 Å². The number of halogens is 2. The lowest BCUT2D eigenvalue weighted by Gasteiger charge is -2.17. The van der Waals surface area contributed by atoms with Gasteiger partial charge in [0.2, 0.25) is 0 Å². The number of allylic oxidation sites excluding steroid dienone is 4. The van der Waals surface area contributed by atoms with Crippen LogP contribution in [0.5, 0.6) is 0 Å². The van der Waals surface area contributed by atoms with Crippen LogP contribution in [0.1, 0.15) is 20.3 Å². The van der Waals surface area contributed by atoms with E-state index in [1.54, 1.807) is 0 Å². The smallest absolute Gasteiger partial charge is 0.00329 e. The average Bonchev–Trinajstić information content (AvgIpc) is 1.82. The molecular formula is C8H10I2. The molecular weight excluding hydrogens is 350 g/mol. The van der Waals surface area contributed by atoms with Crippen molar-refractivity contribution in [2.45, 2.75) is 20.3 Å². The molecule has 0 aromatic carbocycles. The van der Waals surface area contributed by atoms with Crippen molar-refractivity contribution in [3.63, 3.8) is 0 Å². The molecule has 0 aliphatic heterocycles. The van der Waals surface area contributed by atoms with Gasteiger partial charge in [-0.15, -0.1) is 0 Å². The van der Waals surface area contributed by atoms with Gasteiger partial charge in [0.1, 0.15) is 0 Å². The molecule has 0 spiro atoms. The largest absolute Gasteiger partial charge is 0.0576 e. The first-order valence-corrected chi connectivity index (χ1v) is 5.49. The Morgan fingerprint density at radius 3 is 2.60 bits per heavy atom. The topological polar surface area (TPSA) is 0 Å². The molecule has 0 nitrogen and oxygen atoms in total. The van der Waals surface area contributed by atoms with Crippen molar-refractivity contribution >= 4 is 45.2 Å². The van der Waals surface area contributed by atoms with Gasteiger partial charge >= 0.3 is 0 Å². The monoisotopic (exact) mass is 360 g/mol. The summed E-state index contributed by atoms with van der Waals surface area (Å²) >= 11 is 4.87. The fourth-order valence-corrected chi connectivity index (χ4v) is 2.64. The van der Waals surface area contributed by atoms with Crippen LogP contribution in [-0.4, -0.2) is 0 Å². The highest BCUT2D eigenvalue weighted by Crippen LogP contribution is 2.35. The molecule has 0 heterocycles. The summed E-state index contributed by atoms with van der Waals surface area (Å²) in [5.74, 6) is 0.748. The summed E-state index contributed by atoms with van der Waals surface area (Å²) in [6.45, 7) is 4.48. The highest BCUT2D eigenvalue weighted by molar-refractivity contribution is 14.1. The average molecular weight is 360 g/mol. The second kappa shape index (κ2) is 3.56. The fourth-order valence-electron chi connectivity index (χ4n) is 1.13.